The molecule has 0 aromatic heterocycles. The van der Waals surface area contributed by atoms with Gasteiger partial charge in [-0.3, -0.25) is 24.6 Å². The zero-order valence-corrected chi connectivity index (χ0v) is 25.8. The summed E-state index contributed by atoms with van der Waals surface area (Å²) in [5, 5.41) is 19.6. The molecule has 3 N–H and O–H groups in total. The largest absolute Gasteiger partial charge is 0.480 e. The summed E-state index contributed by atoms with van der Waals surface area (Å²) >= 11 is 0. The second-order valence-corrected chi connectivity index (χ2v) is 12.3. The summed E-state index contributed by atoms with van der Waals surface area (Å²) in [5.74, 6) is -3.87. The number of imide groups is 1. The van der Waals surface area contributed by atoms with Crippen molar-refractivity contribution in [2.45, 2.75) is 18.0 Å². The van der Waals surface area contributed by atoms with E-state index in [4.69, 9.17) is 0 Å². The van der Waals surface area contributed by atoms with Gasteiger partial charge in [0, 0.05) is 31.2 Å². The molecule has 2 saturated heterocycles. The van der Waals surface area contributed by atoms with E-state index in [1.54, 1.807) is 0 Å². The topological polar surface area (TPSA) is 98.7 Å². The molecule has 2 aliphatic heterocycles. The van der Waals surface area contributed by atoms with E-state index in [2.05, 4.69) is 10.6 Å². The van der Waals surface area contributed by atoms with Crippen LogP contribution in [0.5, 0.6) is 0 Å². The van der Waals surface area contributed by atoms with Gasteiger partial charge in [-0.1, -0.05) is 127 Å². The summed E-state index contributed by atoms with van der Waals surface area (Å²) in [4.78, 5) is 42.9. The maximum atomic E-state index is 14.2. The van der Waals surface area contributed by atoms with E-state index in [0.717, 1.165) is 38.7 Å². The summed E-state index contributed by atoms with van der Waals surface area (Å²) < 4.78 is 0. The Balaban J connectivity index is 1.22. The standard InChI is InChI=1S/C40H35N3O4/c44-37-34-35(38(45)43(37)24-23-41-33-13-5-2-6-14-33)40(39(46)47,26-29-19-20-30-11-7-8-12-32(30)25-29)42-36(34)31-21-17-28(18-22-31)16-15-27-9-3-1-4-10-27/h1-22,25,34-36,41-42H,23-24,26H2,(H,46,47). The van der Waals surface area contributed by atoms with Crippen LogP contribution in [0.4, 0.5) is 5.69 Å². The third kappa shape index (κ3) is 5.82. The van der Waals surface area contributed by atoms with E-state index >= 15 is 0 Å². The minimum absolute atomic E-state index is 0.0534. The van der Waals surface area contributed by atoms with Gasteiger partial charge >= 0.3 is 5.97 Å². The highest BCUT2D eigenvalue weighted by Crippen LogP contribution is 2.50. The first-order chi connectivity index (χ1) is 22.9. The van der Waals surface area contributed by atoms with Crippen molar-refractivity contribution in [2.75, 3.05) is 18.4 Å². The molecular weight excluding hydrogens is 586 g/mol. The second-order valence-electron chi connectivity index (χ2n) is 12.3. The van der Waals surface area contributed by atoms with Gasteiger partial charge in [0.05, 0.1) is 11.8 Å². The highest BCUT2D eigenvalue weighted by Gasteiger charge is 2.68. The van der Waals surface area contributed by atoms with E-state index in [1.165, 1.54) is 4.90 Å². The quantitative estimate of drug-likeness (QED) is 0.123. The number of nitrogens with zero attached hydrogens (tertiary/aromatic N) is 1. The zero-order chi connectivity index (χ0) is 32.4. The number of likely N-dealkylation sites (tertiary alicyclic amines) is 1. The Hall–Kier alpha value is -5.53. The number of rotatable bonds is 10. The van der Waals surface area contributed by atoms with Crippen molar-refractivity contribution in [1.82, 2.24) is 10.2 Å². The Morgan fingerprint density at radius 2 is 1.40 bits per heavy atom. The Morgan fingerprint density at radius 3 is 2.11 bits per heavy atom. The third-order valence-electron chi connectivity index (χ3n) is 9.43. The lowest BCUT2D eigenvalue weighted by Crippen LogP contribution is -2.57. The first kappa shape index (κ1) is 30.1. The van der Waals surface area contributed by atoms with E-state index in [0.29, 0.717) is 6.54 Å². The normalized spacial score (nSPS) is 22.2. The molecule has 0 saturated carbocycles. The number of hydrogen-bond acceptors (Lipinski definition) is 5. The van der Waals surface area contributed by atoms with Gasteiger partial charge in [0.2, 0.25) is 11.8 Å². The van der Waals surface area contributed by atoms with Crippen molar-refractivity contribution in [1.29, 1.82) is 0 Å². The maximum Gasteiger partial charge on any atom is 0.325 e. The van der Waals surface area contributed by atoms with Crippen LogP contribution in [0.15, 0.2) is 127 Å². The van der Waals surface area contributed by atoms with Crippen LogP contribution in [-0.2, 0) is 20.8 Å². The number of benzene rings is 5. The SMILES string of the molecule is O=C1C2C(c3ccc(C=Cc4ccccc4)cc3)NC(Cc3ccc4ccccc4c3)(C(=O)O)C2C(=O)N1CCNc1ccccc1. The molecule has 2 fully saturated rings. The number of amides is 2. The summed E-state index contributed by atoms with van der Waals surface area (Å²) in [6.45, 7) is 0.493. The van der Waals surface area contributed by atoms with Crippen LogP contribution in [0, 0.1) is 11.8 Å². The van der Waals surface area contributed by atoms with E-state index in [-0.39, 0.29) is 18.9 Å². The van der Waals surface area contributed by atoms with Gasteiger partial charge in [-0.25, -0.2) is 0 Å². The van der Waals surface area contributed by atoms with Crippen molar-refractivity contribution < 1.29 is 19.5 Å². The van der Waals surface area contributed by atoms with E-state index < -0.39 is 35.3 Å². The molecule has 2 heterocycles. The van der Waals surface area contributed by atoms with Gasteiger partial charge < -0.3 is 10.4 Å². The van der Waals surface area contributed by atoms with Crippen LogP contribution in [0.1, 0.15) is 28.3 Å². The molecule has 5 aromatic carbocycles. The number of fused-ring (bicyclic) bond motifs is 2. The fourth-order valence-corrected chi connectivity index (χ4v) is 7.11. The summed E-state index contributed by atoms with van der Waals surface area (Å²) in [6.07, 6.45) is 4.09. The molecule has 7 rings (SSSR count). The van der Waals surface area contributed by atoms with Gasteiger partial charge in [-0.05, 0) is 45.2 Å². The average Bonchev–Trinajstić information content (AvgIpc) is 3.58. The number of anilines is 1. The molecule has 0 spiro atoms. The van der Waals surface area contributed by atoms with Gasteiger partial charge in [0.1, 0.15) is 5.54 Å². The highest BCUT2D eigenvalue weighted by atomic mass is 16.4. The molecule has 0 bridgehead atoms. The number of carboxylic acids is 1. The van der Waals surface area contributed by atoms with Crippen LogP contribution in [0.25, 0.3) is 22.9 Å². The number of carbonyl (C=O) groups excluding carboxylic acids is 2. The predicted molar refractivity (Wildman–Crippen MR) is 184 cm³/mol. The molecule has 4 unspecified atom stereocenters. The lowest BCUT2D eigenvalue weighted by Gasteiger charge is -2.31. The number of nitrogens with one attached hydrogen (secondary N) is 2. The number of hydrogen-bond donors (Lipinski definition) is 3. The van der Waals surface area contributed by atoms with Gasteiger partial charge in [-0.2, -0.15) is 0 Å². The van der Waals surface area contributed by atoms with Crippen molar-refractivity contribution in [2.24, 2.45) is 11.8 Å². The number of carboxylic acid groups (broad SMARTS) is 1. The van der Waals surface area contributed by atoms with Crippen molar-refractivity contribution in [3.8, 4) is 0 Å². The highest BCUT2D eigenvalue weighted by molar-refractivity contribution is 6.09. The summed E-state index contributed by atoms with van der Waals surface area (Å²) in [7, 11) is 0. The van der Waals surface area contributed by atoms with Gasteiger partial charge in [0.25, 0.3) is 0 Å². The molecule has 0 aliphatic carbocycles. The van der Waals surface area contributed by atoms with E-state index in [1.807, 2.05) is 140 Å². The van der Waals surface area contributed by atoms with Crippen molar-refractivity contribution in [3.05, 3.63) is 150 Å². The minimum Gasteiger partial charge on any atom is -0.480 e. The van der Waals surface area contributed by atoms with Crippen LogP contribution in [-0.4, -0.2) is 46.4 Å². The molecule has 4 atom stereocenters. The second kappa shape index (κ2) is 12.7. The molecule has 47 heavy (non-hydrogen) atoms. The predicted octanol–water partition coefficient (Wildman–Crippen LogP) is 6.43. The van der Waals surface area contributed by atoms with Crippen LogP contribution in [0.2, 0.25) is 0 Å². The third-order valence-corrected chi connectivity index (χ3v) is 9.43. The fourth-order valence-electron chi connectivity index (χ4n) is 7.11. The Labute approximate surface area is 273 Å². The number of aliphatic carboxylic acids is 1. The minimum atomic E-state index is -1.68. The first-order valence-corrected chi connectivity index (χ1v) is 15.9. The summed E-state index contributed by atoms with van der Waals surface area (Å²) in [5.41, 5.74) is 2.79. The Bertz CT molecular complexity index is 1960. The summed E-state index contributed by atoms with van der Waals surface area (Å²) in [6, 6.07) is 40.4. The van der Waals surface area contributed by atoms with Crippen molar-refractivity contribution >= 4 is 46.4 Å². The molecule has 5 aromatic rings. The molecule has 7 heteroatoms. The molecule has 2 amide bonds. The molecule has 2 aliphatic rings. The molecule has 0 radical (unpaired) electrons. The number of para-hydroxylation sites is 1. The van der Waals surface area contributed by atoms with Crippen LogP contribution in [0.3, 0.4) is 0 Å². The Morgan fingerprint density at radius 1 is 0.766 bits per heavy atom. The van der Waals surface area contributed by atoms with Gasteiger partial charge in [0.15, 0.2) is 0 Å². The lowest BCUT2D eigenvalue weighted by molar-refractivity contribution is -0.151. The monoisotopic (exact) mass is 621 g/mol. The smallest absolute Gasteiger partial charge is 0.325 e. The average molecular weight is 622 g/mol. The van der Waals surface area contributed by atoms with Crippen LogP contribution >= 0.6 is 0 Å². The van der Waals surface area contributed by atoms with E-state index in [9.17, 15) is 19.5 Å². The van der Waals surface area contributed by atoms with Gasteiger partial charge in [-0.15, -0.1) is 0 Å². The van der Waals surface area contributed by atoms with Crippen molar-refractivity contribution in [3.63, 3.8) is 0 Å². The Kier molecular flexibility index (Phi) is 8.14. The molecular formula is C40H35N3O4. The fraction of sp³-hybridized carbons (Fsp3) is 0.175. The first-order valence-electron chi connectivity index (χ1n) is 15.9. The zero-order valence-electron chi connectivity index (χ0n) is 25.8. The molecule has 7 nitrogen and oxygen atoms in total. The lowest BCUT2D eigenvalue weighted by atomic mass is 9.76. The number of carbonyl (C=O) groups is 3. The molecule has 234 valence electrons. The maximum absolute atomic E-state index is 14.2. The van der Waals surface area contributed by atoms with Crippen LogP contribution < -0.4 is 10.6 Å².